The molecule has 0 aromatic carbocycles. The van der Waals surface area contributed by atoms with E-state index in [1.807, 2.05) is 27.7 Å². The maximum absolute atomic E-state index is 12.4. The molecule has 0 aliphatic heterocycles. The molecule has 4 nitrogen and oxygen atoms in total. The van der Waals surface area contributed by atoms with Gasteiger partial charge in [0, 0.05) is 23.3 Å². The van der Waals surface area contributed by atoms with Gasteiger partial charge in [-0.05, 0) is 17.3 Å². The number of Topliss-reactive ketones (excluding diaryl/α,β-unsaturated/α-hetero) is 3. The normalized spacial score (nSPS) is 44.0. The lowest BCUT2D eigenvalue weighted by Crippen LogP contribution is -2.48. The summed E-state index contributed by atoms with van der Waals surface area (Å²) < 4.78 is 0. The van der Waals surface area contributed by atoms with Crippen LogP contribution in [-0.4, -0.2) is 17.3 Å². The predicted octanol–water partition coefficient (Wildman–Crippen LogP) is 1.24. The largest absolute Gasteiger partial charge is 0.395 e. The fraction of sp³-hybridized carbons (Fsp3) is 0.667. The molecule has 2 fully saturated rings. The van der Waals surface area contributed by atoms with E-state index in [-0.39, 0.29) is 40.4 Å². The number of allylic oxidation sites excluding steroid dienone is 2. The Bertz CT molecular complexity index is 572. The van der Waals surface area contributed by atoms with E-state index in [2.05, 4.69) is 0 Å². The number of carbonyl (C=O) groups excluding carboxylic acids is 3. The molecule has 3 aliphatic rings. The van der Waals surface area contributed by atoms with Gasteiger partial charge in [0.2, 0.25) is 11.6 Å². The van der Waals surface area contributed by atoms with Crippen LogP contribution in [0.2, 0.25) is 0 Å². The molecule has 0 aromatic rings. The zero-order valence-electron chi connectivity index (χ0n) is 11.7. The van der Waals surface area contributed by atoms with Gasteiger partial charge in [0.25, 0.3) is 0 Å². The van der Waals surface area contributed by atoms with E-state index in [1.54, 1.807) is 0 Å². The molecule has 0 heterocycles. The number of rotatable bonds is 0. The zero-order chi connectivity index (χ0) is 14.3. The molecule has 4 atom stereocenters. The Labute approximate surface area is 112 Å². The molecule has 2 saturated carbocycles. The van der Waals surface area contributed by atoms with Gasteiger partial charge in [-0.1, -0.05) is 27.7 Å². The van der Waals surface area contributed by atoms with E-state index in [0.29, 0.717) is 12.0 Å². The second-order valence-corrected chi connectivity index (χ2v) is 7.07. The van der Waals surface area contributed by atoms with Gasteiger partial charge in [-0.25, -0.2) is 0 Å². The average Bonchev–Trinajstić information content (AvgIpc) is 2.88. The highest BCUT2D eigenvalue weighted by Crippen LogP contribution is 2.73. The average molecular weight is 261 g/mol. The van der Waals surface area contributed by atoms with Crippen LogP contribution in [0.25, 0.3) is 0 Å². The van der Waals surface area contributed by atoms with Crippen LogP contribution >= 0.6 is 0 Å². The Morgan fingerprint density at radius 1 is 1.16 bits per heavy atom. The first-order valence-corrected chi connectivity index (χ1v) is 6.77. The highest BCUT2D eigenvalue weighted by Gasteiger charge is 2.75. The van der Waals surface area contributed by atoms with Crippen molar-refractivity contribution in [3.8, 4) is 0 Å². The summed E-state index contributed by atoms with van der Waals surface area (Å²) in [6.45, 7) is 8.05. The van der Waals surface area contributed by atoms with Crippen LogP contribution in [0.3, 0.4) is 0 Å². The minimum absolute atomic E-state index is 0.0279. The molecule has 102 valence electrons. The van der Waals surface area contributed by atoms with Crippen molar-refractivity contribution in [1.29, 1.82) is 0 Å². The molecule has 0 amide bonds. The van der Waals surface area contributed by atoms with E-state index in [1.165, 1.54) is 0 Å². The van der Waals surface area contributed by atoms with Crippen LogP contribution in [0.15, 0.2) is 11.3 Å². The van der Waals surface area contributed by atoms with Crippen LogP contribution in [0, 0.1) is 28.6 Å². The molecule has 0 aromatic heterocycles. The van der Waals surface area contributed by atoms with E-state index >= 15 is 0 Å². The SMILES string of the molecule is C[C@@H]1CC(=O)C(N)=C2C(=O)C(=O)C3C(C3(C)C)[C@]21C. The highest BCUT2D eigenvalue weighted by atomic mass is 16.2. The second-order valence-electron chi connectivity index (χ2n) is 7.07. The van der Waals surface area contributed by atoms with Crippen LogP contribution < -0.4 is 5.73 Å². The monoisotopic (exact) mass is 261 g/mol. The molecule has 19 heavy (non-hydrogen) atoms. The summed E-state index contributed by atoms with van der Waals surface area (Å²) >= 11 is 0. The van der Waals surface area contributed by atoms with Gasteiger partial charge in [-0.3, -0.25) is 14.4 Å². The van der Waals surface area contributed by atoms with Gasteiger partial charge in [-0.2, -0.15) is 0 Å². The minimum atomic E-state index is -0.522. The fourth-order valence-corrected chi connectivity index (χ4v) is 4.62. The molecule has 2 N–H and O–H groups in total. The minimum Gasteiger partial charge on any atom is -0.395 e. The second kappa shape index (κ2) is 3.17. The summed E-state index contributed by atoms with van der Waals surface area (Å²) in [5, 5.41) is 0. The van der Waals surface area contributed by atoms with E-state index in [0.717, 1.165) is 0 Å². The maximum atomic E-state index is 12.4. The predicted molar refractivity (Wildman–Crippen MR) is 68.9 cm³/mol. The van der Waals surface area contributed by atoms with E-state index in [4.69, 9.17) is 5.73 Å². The molecule has 3 aliphatic carbocycles. The first kappa shape index (κ1) is 12.6. The first-order chi connectivity index (χ1) is 8.65. The number of nitrogens with two attached hydrogens (primary N) is 1. The maximum Gasteiger partial charge on any atom is 0.227 e. The lowest BCUT2D eigenvalue weighted by Gasteiger charge is -2.44. The molecule has 0 bridgehead atoms. The van der Waals surface area contributed by atoms with E-state index in [9.17, 15) is 14.4 Å². The topological polar surface area (TPSA) is 77.2 Å². The molecule has 0 saturated heterocycles. The molecule has 4 heteroatoms. The van der Waals surface area contributed by atoms with Crippen molar-refractivity contribution in [3.05, 3.63) is 11.3 Å². The lowest BCUT2D eigenvalue weighted by atomic mass is 9.58. The van der Waals surface area contributed by atoms with Crippen molar-refractivity contribution in [1.82, 2.24) is 0 Å². The first-order valence-electron chi connectivity index (χ1n) is 6.77. The molecule has 3 rings (SSSR count). The van der Waals surface area contributed by atoms with Crippen LogP contribution in [0.5, 0.6) is 0 Å². The summed E-state index contributed by atoms with van der Waals surface area (Å²) in [5.74, 6) is -1.09. The van der Waals surface area contributed by atoms with Crippen LogP contribution in [0.4, 0.5) is 0 Å². The Hall–Kier alpha value is -1.45. The molecule has 0 radical (unpaired) electrons. The van der Waals surface area contributed by atoms with Gasteiger partial charge >= 0.3 is 0 Å². The molecule has 2 unspecified atom stereocenters. The number of fused-ring (bicyclic) bond motifs is 3. The third-order valence-electron chi connectivity index (χ3n) is 5.83. The van der Waals surface area contributed by atoms with Gasteiger partial charge < -0.3 is 5.73 Å². The van der Waals surface area contributed by atoms with Crippen molar-refractivity contribution in [3.63, 3.8) is 0 Å². The van der Waals surface area contributed by atoms with Gasteiger partial charge in [0.15, 0.2) is 5.78 Å². The van der Waals surface area contributed by atoms with E-state index < -0.39 is 11.2 Å². The Morgan fingerprint density at radius 3 is 2.32 bits per heavy atom. The summed E-state index contributed by atoms with van der Waals surface area (Å²) in [4.78, 5) is 36.4. The van der Waals surface area contributed by atoms with Crippen molar-refractivity contribution < 1.29 is 14.4 Å². The quantitative estimate of drug-likeness (QED) is 0.665. The Morgan fingerprint density at radius 2 is 1.74 bits per heavy atom. The Balaban J connectivity index is 2.27. The summed E-state index contributed by atoms with van der Waals surface area (Å²) in [6.07, 6.45) is 0.368. The smallest absolute Gasteiger partial charge is 0.227 e. The molecular formula is C15H19NO3. The number of hydrogen-bond acceptors (Lipinski definition) is 4. The highest BCUT2D eigenvalue weighted by molar-refractivity contribution is 6.47. The fourth-order valence-electron chi connectivity index (χ4n) is 4.62. The molecule has 0 spiro atoms. The van der Waals surface area contributed by atoms with Crippen LogP contribution in [0.1, 0.15) is 34.1 Å². The Kier molecular flexibility index (Phi) is 2.10. The number of ketones is 3. The summed E-state index contributed by atoms with van der Waals surface area (Å²) in [7, 11) is 0. The molecular weight excluding hydrogens is 242 g/mol. The van der Waals surface area contributed by atoms with Gasteiger partial charge in [-0.15, -0.1) is 0 Å². The zero-order valence-corrected chi connectivity index (χ0v) is 11.7. The van der Waals surface area contributed by atoms with Crippen molar-refractivity contribution in [2.45, 2.75) is 34.1 Å². The summed E-state index contributed by atoms with van der Waals surface area (Å²) in [5.41, 5.74) is 5.58. The van der Waals surface area contributed by atoms with Crippen LogP contribution in [-0.2, 0) is 14.4 Å². The van der Waals surface area contributed by atoms with Crippen molar-refractivity contribution >= 4 is 17.3 Å². The standard InChI is InChI=1S/C15H19NO3/c1-6-5-7(17)10(16)8-11(18)12(19)9-13(14(9,2)3)15(6,8)4/h6,9,13H,5,16H2,1-4H3/t6-,9?,13?,15+/m1/s1. The van der Waals surface area contributed by atoms with Crippen molar-refractivity contribution in [2.75, 3.05) is 0 Å². The summed E-state index contributed by atoms with van der Waals surface area (Å²) in [6, 6.07) is 0. The number of carbonyl (C=O) groups is 3. The lowest BCUT2D eigenvalue weighted by molar-refractivity contribution is -0.139. The van der Waals surface area contributed by atoms with Crippen molar-refractivity contribution in [2.24, 2.45) is 34.3 Å². The third-order valence-corrected chi connectivity index (χ3v) is 5.83. The third kappa shape index (κ3) is 1.18. The van der Waals surface area contributed by atoms with Gasteiger partial charge in [0.1, 0.15) is 0 Å². The van der Waals surface area contributed by atoms with Gasteiger partial charge in [0.05, 0.1) is 5.70 Å². The number of hydrogen-bond donors (Lipinski definition) is 1.